The topological polar surface area (TPSA) is 93.7 Å². The Morgan fingerprint density at radius 1 is 1.24 bits per heavy atom. The van der Waals surface area contributed by atoms with Crippen molar-refractivity contribution < 1.29 is 14.3 Å². The zero-order valence-electron chi connectivity index (χ0n) is 20.5. The van der Waals surface area contributed by atoms with Gasteiger partial charge in [-0.05, 0) is 42.2 Å². The molecule has 34 heavy (non-hydrogen) atoms. The number of rotatable bonds is 11. The molecule has 1 aromatic heterocycles. The number of fused-ring (bicyclic) bond motifs is 1. The lowest BCUT2D eigenvalue weighted by atomic mass is 10.1. The van der Waals surface area contributed by atoms with E-state index in [2.05, 4.69) is 18.4 Å². The van der Waals surface area contributed by atoms with Crippen LogP contribution in [0.3, 0.4) is 0 Å². The average Bonchev–Trinajstić information content (AvgIpc) is 3.19. The van der Waals surface area contributed by atoms with Gasteiger partial charge in [0.2, 0.25) is 0 Å². The molecule has 3 aromatic rings. The lowest BCUT2D eigenvalue weighted by Crippen LogP contribution is -2.43. The SMILES string of the molecule is COCCN(C)C(=O)N(Cc1nc2cc(CN)ccc2n1CCC(C)C)c1ccccc1C=O. The number of aldehydes is 1. The van der Waals surface area contributed by atoms with Gasteiger partial charge in [-0.3, -0.25) is 9.69 Å². The molecule has 0 aliphatic carbocycles. The number of nitrogens with zero attached hydrogens (tertiary/aromatic N) is 4. The molecule has 0 atom stereocenters. The zero-order valence-corrected chi connectivity index (χ0v) is 20.5. The first-order valence-electron chi connectivity index (χ1n) is 11.6. The second-order valence-corrected chi connectivity index (χ2v) is 8.85. The Hall–Kier alpha value is -3.23. The molecular formula is C26H35N5O3. The van der Waals surface area contributed by atoms with Crippen LogP contribution in [0.4, 0.5) is 10.5 Å². The highest BCUT2D eigenvalue weighted by atomic mass is 16.5. The second-order valence-electron chi connectivity index (χ2n) is 8.85. The van der Waals surface area contributed by atoms with Crippen molar-refractivity contribution in [2.24, 2.45) is 11.7 Å². The summed E-state index contributed by atoms with van der Waals surface area (Å²) in [4.78, 5) is 33.5. The summed E-state index contributed by atoms with van der Waals surface area (Å²) in [6, 6.07) is 13.0. The minimum absolute atomic E-state index is 0.225. The van der Waals surface area contributed by atoms with E-state index in [9.17, 15) is 9.59 Å². The molecule has 0 bridgehead atoms. The lowest BCUT2D eigenvalue weighted by Gasteiger charge is -2.29. The Morgan fingerprint density at radius 2 is 2.00 bits per heavy atom. The second kappa shape index (κ2) is 11.8. The number of carbonyl (C=O) groups is 2. The third kappa shape index (κ3) is 5.81. The standard InChI is InChI=1S/C26H35N5O3/c1-19(2)11-12-30-24-10-9-20(16-27)15-22(24)28-25(30)17-31(26(33)29(3)13-14-34-4)23-8-6-5-7-21(23)18-32/h5-10,15,18-19H,11-14,16-17,27H2,1-4H3. The number of hydrogen-bond donors (Lipinski definition) is 1. The van der Waals surface area contributed by atoms with Crippen LogP contribution in [0.25, 0.3) is 11.0 Å². The van der Waals surface area contributed by atoms with E-state index >= 15 is 0 Å². The Labute approximate surface area is 201 Å². The smallest absolute Gasteiger partial charge is 0.324 e. The van der Waals surface area contributed by atoms with Crippen LogP contribution >= 0.6 is 0 Å². The number of carbonyl (C=O) groups excluding carboxylic acids is 2. The molecule has 182 valence electrons. The number of aromatic nitrogens is 2. The van der Waals surface area contributed by atoms with Gasteiger partial charge in [-0.15, -0.1) is 0 Å². The molecular weight excluding hydrogens is 430 g/mol. The van der Waals surface area contributed by atoms with Crippen LogP contribution in [0.15, 0.2) is 42.5 Å². The van der Waals surface area contributed by atoms with Crippen molar-refractivity contribution in [2.45, 2.75) is 39.9 Å². The molecule has 3 rings (SSSR count). The normalized spacial score (nSPS) is 11.2. The van der Waals surface area contributed by atoms with Crippen molar-refractivity contribution in [3.8, 4) is 0 Å². The van der Waals surface area contributed by atoms with Gasteiger partial charge in [0.15, 0.2) is 6.29 Å². The number of para-hydroxylation sites is 1. The molecule has 2 N–H and O–H groups in total. The summed E-state index contributed by atoms with van der Waals surface area (Å²) in [6.07, 6.45) is 1.75. The van der Waals surface area contributed by atoms with Crippen molar-refractivity contribution in [3.63, 3.8) is 0 Å². The number of methoxy groups -OCH3 is 1. The number of urea groups is 1. The Bertz CT molecular complexity index is 1120. The maximum Gasteiger partial charge on any atom is 0.324 e. The molecule has 1 heterocycles. The number of anilines is 1. The van der Waals surface area contributed by atoms with Crippen molar-refractivity contribution in [1.29, 1.82) is 0 Å². The van der Waals surface area contributed by atoms with Crippen LogP contribution < -0.4 is 10.6 Å². The summed E-state index contributed by atoms with van der Waals surface area (Å²) >= 11 is 0. The van der Waals surface area contributed by atoms with Gasteiger partial charge in [-0.25, -0.2) is 9.78 Å². The minimum Gasteiger partial charge on any atom is -0.383 e. The predicted octanol–water partition coefficient (Wildman–Crippen LogP) is 4.06. The minimum atomic E-state index is -0.225. The maximum absolute atomic E-state index is 13.5. The molecule has 0 aliphatic heterocycles. The zero-order chi connectivity index (χ0) is 24.7. The van der Waals surface area contributed by atoms with Crippen LogP contribution in [0, 0.1) is 5.92 Å². The molecule has 0 unspecified atom stereocenters. The fourth-order valence-electron chi connectivity index (χ4n) is 3.87. The molecule has 0 fully saturated rings. The van der Waals surface area contributed by atoms with Crippen molar-refractivity contribution in [1.82, 2.24) is 14.5 Å². The number of amides is 2. The summed E-state index contributed by atoms with van der Waals surface area (Å²) < 4.78 is 7.33. The summed E-state index contributed by atoms with van der Waals surface area (Å²) in [6.45, 7) is 6.66. The molecule has 0 radical (unpaired) electrons. The largest absolute Gasteiger partial charge is 0.383 e. The van der Waals surface area contributed by atoms with E-state index < -0.39 is 0 Å². The van der Waals surface area contributed by atoms with Crippen LogP contribution in [0.5, 0.6) is 0 Å². The number of aryl methyl sites for hydroxylation is 1. The van der Waals surface area contributed by atoms with Crippen molar-refractivity contribution >= 4 is 29.0 Å². The first kappa shape index (κ1) is 25.4. The number of imidazole rings is 1. The number of nitrogens with two attached hydrogens (primary N) is 1. The van der Waals surface area contributed by atoms with E-state index in [-0.39, 0.29) is 12.6 Å². The molecule has 8 nitrogen and oxygen atoms in total. The van der Waals surface area contributed by atoms with Crippen LogP contribution in [-0.4, -0.2) is 54.1 Å². The summed E-state index contributed by atoms with van der Waals surface area (Å²) in [7, 11) is 3.33. The van der Waals surface area contributed by atoms with E-state index in [1.807, 2.05) is 24.3 Å². The van der Waals surface area contributed by atoms with E-state index in [4.69, 9.17) is 15.5 Å². The van der Waals surface area contributed by atoms with Gasteiger partial charge >= 0.3 is 6.03 Å². The number of benzene rings is 2. The summed E-state index contributed by atoms with van der Waals surface area (Å²) in [5.41, 5.74) is 9.72. The summed E-state index contributed by atoms with van der Waals surface area (Å²) in [5, 5.41) is 0. The van der Waals surface area contributed by atoms with E-state index in [0.717, 1.165) is 41.7 Å². The van der Waals surface area contributed by atoms with Gasteiger partial charge in [0.05, 0.1) is 29.9 Å². The highest BCUT2D eigenvalue weighted by Gasteiger charge is 2.25. The monoisotopic (exact) mass is 465 g/mol. The van der Waals surface area contributed by atoms with Gasteiger partial charge < -0.3 is 19.9 Å². The predicted molar refractivity (Wildman–Crippen MR) is 135 cm³/mol. The molecule has 0 spiro atoms. The molecule has 8 heteroatoms. The number of hydrogen-bond acceptors (Lipinski definition) is 5. The summed E-state index contributed by atoms with van der Waals surface area (Å²) in [5.74, 6) is 1.28. The van der Waals surface area contributed by atoms with Gasteiger partial charge in [-0.2, -0.15) is 0 Å². The number of ether oxygens (including phenoxy) is 1. The average molecular weight is 466 g/mol. The fraction of sp³-hybridized carbons (Fsp3) is 0.423. The molecule has 0 saturated carbocycles. The molecule has 2 amide bonds. The van der Waals surface area contributed by atoms with Gasteiger partial charge in [0, 0.05) is 39.4 Å². The third-order valence-corrected chi connectivity index (χ3v) is 5.90. The fourth-order valence-corrected chi connectivity index (χ4v) is 3.87. The van der Waals surface area contributed by atoms with Crippen LogP contribution in [0.1, 0.15) is 42.0 Å². The van der Waals surface area contributed by atoms with E-state index in [0.29, 0.717) is 36.9 Å². The lowest BCUT2D eigenvalue weighted by molar-refractivity contribution is 0.112. The Balaban J connectivity index is 2.08. The van der Waals surface area contributed by atoms with Crippen molar-refractivity contribution in [2.75, 3.05) is 32.2 Å². The Kier molecular flexibility index (Phi) is 8.79. The maximum atomic E-state index is 13.5. The van der Waals surface area contributed by atoms with Crippen LogP contribution in [0.2, 0.25) is 0 Å². The van der Waals surface area contributed by atoms with Gasteiger partial charge in [0.25, 0.3) is 0 Å². The first-order valence-corrected chi connectivity index (χ1v) is 11.6. The van der Waals surface area contributed by atoms with Gasteiger partial charge in [0.1, 0.15) is 5.82 Å². The third-order valence-electron chi connectivity index (χ3n) is 5.90. The molecule has 2 aromatic carbocycles. The first-order chi connectivity index (χ1) is 16.4. The quantitative estimate of drug-likeness (QED) is 0.431. The highest BCUT2D eigenvalue weighted by molar-refractivity contribution is 5.97. The van der Waals surface area contributed by atoms with Crippen LogP contribution in [-0.2, 0) is 24.4 Å². The van der Waals surface area contributed by atoms with Crippen molar-refractivity contribution in [3.05, 3.63) is 59.4 Å². The van der Waals surface area contributed by atoms with Gasteiger partial charge in [-0.1, -0.05) is 32.0 Å². The molecule has 0 saturated heterocycles. The highest BCUT2D eigenvalue weighted by Crippen LogP contribution is 2.26. The Morgan fingerprint density at radius 3 is 2.68 bits per heavy atom. The molecule has 0 aliphatic rings. The number of likely N-dealkylation sites (N-methyl/N-ethyl adjacent to an activating group) is 1. The van der Waals surface area contributed by atoms with E-state index in [1.54, 1.807) is 42.2 Å². The van der Waals surface area contributed by atoms with E-state index in [1.165, 1.54) is 0 Å².